The lowest BCUT2D eigenvalue weighted by molar-refractivity contribution is -0.137. The molecule has 0 spiro atoms. The van der Waals surface area contributed by atoms with Gasteiger partial charge in [0.15, 0.2) is 0 Å². The van der Waals surface area contributed by atoms with Gasteiger partial charge in [-0.3, -0.25) is 5.43 Å². The Bertz CT molecular complexity index is 602. The number of hydrogen-bond acceptors (Lipinski definition) is 4. The number of carbonyl (C=O) groups is 1. The van der Waals surface area contributed by atoms with Gasteiger partial charge in [0.2, 0.25) is 5.84 Å². The Balaban J connectivity index is 3.15. The lowest BCUT2D eigenvalue weighted by atomic mass is 10.2. The Morgan fingerprint density at radius 1 is 1.29 bits per heavy atom. The number of alkyl halides is 3. The lowest BCUT2D eigenvalue weighted by Crippen LogP contribution is -2.38. The molecule has 0 bridgehead atoms. The number of benzene rings is 1. The van der Waals surface area contributed by atoms with E-state index in [2.05, 4.69) is 10.5 Å². The van der Waals surface area contributed by atoms with Crippen molar-refractivity contribution in [2.45, 2.75) is 26.9 Å². The average molecular weight is 366 g/mol. The second kappa shape index (κ2) is 8.77. The molecule has 0 aliphatic rings. The van der Waals surface area contributed by atoms with Crippen LogP contribution in [0.15, 0.2) is 23.3 Å². The molecular formula is C15H19ClF3N3O2. The highest BCUT2D eigenvalue weighted by Gasteiger charge is 2.31. The molecule has 0 radical (unpaired) electrons. The van der Waals surface area contributed by atoms with Crippen LogP contribution in [0.2, 0.25) is 5.02 Å². The van der Waals surface area contributed by atoms with Gasteiger partial charge in [-0.15, -0.1) is 5.10 Å². The number of carbonyl (C=O) groups excluding carboxylic acids is 1. The number of anilines is 1. The Morgan fingerprint density at radius 2 is 1.92 bits per heavy atom. The molecule has 0 atom stereocenters. The molecule has 0 fully saturated rings. The number of ether oxygens (including phenoxy) is 1. The summed E-state index contributed by atoms with van der Waals surface area (Å²) >= 11 is 5.89. The first-order valence-corrected chi connectivity index (χ1v) is 7.74. The van der Waals surface area contributed by atoms with E-state index in [1.54, 1.807) is 11.8 Å². The number of hydrogen-bond donors (Lipinski definition) is 1. The standard InChI is InChI=1S/C15H19ClF3N3O2/c1-4-22(5-2)13(14(23)24-6-3)21-20-12-9-10(15(17,18)19)7-8-11(12)16/h7-9,20H,4-6H2,1-3H3. The number of rotatable bonds is 5. The van der Waals surface area contributed by atoms with Crippen molar-refractivity contribution in [3.63, 3.8) is 0 Å². The summed E-state index contributed by atoms with van der Waals surface area (Å²) in [5, 5.41) is 3.96. The first-order chi connectivity index (χ1) is 11.2. The number of nitrogens with one attached hydrogen (secondary N) is 1. The minimum atomic E-state index is -4.51. The van der Waals surface area contributed by atoms with Crippen molar-refractivity contribution < 1.29 is 22.7 Å². The molecule has 5 nitrogen and oxygen atoms in total. The van der Waals surface area contributed by atoms with Crippen LogP contribution in [0, 0.1) is 0 Å². The highest BCUT2D eigenvalue weighted by atomic mass is 35.5. The summed E-state index contributed by atoms with van der Waals surface area (Å²) < 4.78 is 43.2. The van der Waals surface area contributed by atoms with Crippen LogP contribution >= 0.6 is 11.6 Å². The zero-order chi connectivity index (χ0) is 18.3. The molecule has 0 unspecified atom stereocenters. The summed E-state index contributed by atoms with van der Waals surface area (Å²) in [6.07, 6.45) is -4.51. The summed E-state index contributed by atoms with van der Waals surface area (Å²) in [6.45, 7) is 6.39. The number of likely N-dealkylation sites (N-methyl/N-ethyl adjacent to an activating group) is 1. The molecular weight excluding hydrogens is 347 g/mol. The highest BCUT2D eigenvalue weighted by Crippen LogP contribution is 2.33. The molecule has 0 aliphatic carbocycles. The molecule has 9 heteroatoms. The largest absolute Gasteiger partial charge is 0.460 e. The van der Waals surface area contributed by atoms with Gasteiger partial charge in [0, 0.05) is 13.1 Å². The topological polar surface area (TPSA) is 53.9 Å². The van der Waals surface area contributed by atoms with E-state index in [4.69, 9.17) is 16.3 Å². The van der Waals surface area contributed by atoms with Crippen molar-refractivity contribution in [3.05, 3.63) is 28.8 Å². The van der Waals surface area contributed by atoms with E-state index >= 15 is 0 Å². The van der Waals surface area contributed by atoms with Crippen LogP contribution < -0.4 is 5.43 Å². The van der Waals surface area contributed by atoms with E-state index in [-0.39, 0.29) is 23.2 Å². The van der Waals surface area contributed by atoms with Crippen molar-refractivity contribution in [2.75, 3.05) is 25.1 Å². The van der Waals surface area contributed by atoms with Crippen LogP contribution in [0.3, 0.4) is 0 Å². The summed E-state index contributed by atoms with van der Waals surface area (Å²) in [5.74, 6) is -0.702. The van der Waals surface area contributed by atoms with Crippen LogP contribution in [0.25, 0.3) is 0 Å². The molecule has 0 amide bonds. The summed E-state index contributed by atoms with van der Waals surface area (Å²) in [4.78, 5) is 13.6. The first kappa shape index (κ1) is 20.1. The highest BCUT2D eigenvalue weighted by molar-refractivity contribution is 6.35. The quantitative estimate of drug-likeness (QED) is 0.371. The molecule has 0 heterocycles. The summed E-state index contributed by atoms with van der Waals surface area (Å²) in [5.41, 5.74) is 1.50. The minimum Gasteiger partial charge on any atom is -0.460 e. The average Bonchev–Trinajstić information content (AvgIpc) is 2.51. The maximum absolute atomic E-state index is 12.8. The van der Waals surface area contributed by atoms with Gasteiger partial charge in [0.25, 0.3) is 0 Å². The molecule has 24 heavy (non-hydrogen) atoms. The van der Waals surface area contributed by atoms with Gasteiger partial charge in [0.1, 0.15) is 0 Å². The number of hydrazone groups is 1. The van der Waals surface area contributed by atoms with Crippen molar-refractivity contribution >= 4 is 29.1 Å². The monoisotopic (exact) mass is 365 g/mol. The van der Waals surface area contributed by atoms with Crippen molar-refractivity contribution in [3.8, 4) is 0 Å². The Kier molecular flexibility index (Phi) is 7.34. The number of amidine groups is 1. The van der Waals surface area contributed by atoms with E-state index < -0.39 is 17.7 Å². The third kappa shape index (κ3) is 5.30. The fraction of sp³-hybridized carbons (Fsp3) is 0.467. The first-order valence-electron chi connectivity index (χ1n) is 7.37. The Hall–Kier alpha value is -1.96. The van der Waals surface area contributed by atoms with Crippen molar-refractivity contribution in [2.24, 2.45) is 5.10 Å². The number of esters is 1. The summed E-state index contributed by atoms with van der Waals surface area (Å²) in [6, 6.07) is 2.81. The smallest absolute Gasteiger partial charge is 0.416 e. The molecule has 0 saturated carbocycles. The van der Waals surface area contributed by atoms with Crippen molar-refractivity contribution in [1.82, 2.24) is 4.90 Å². The summed E-state index contributed by atoms with van der Waals surface area (Å²) in [7, 11) is 0. The van der Waals surface area contributed by atoms with E-state index in [0.29, 0.717) is 13.1 Å². The van der Waals surface area contributed by atoms with Crippen LogP contribution in [0.4, 0.5) is 18.9 Å². The molecule has 1 aromatic rings. The van der Waals surface area contributed by atoms with E-state index in [9.17, 15) is 18.0 Å². The Morgan fingerprint density at radius 3 is 2.42 bits per heavy atom. The van der Waals surface area contributed by atoms with Crippen LogP contribution in [0.1, 0.15) is 26.3 Å². The van der Waals surface area contributed by atoms with E-state index in [0.717, 1.165) is 18.2 Å². The molecule has 134 valence electrons. The van der Waals surface area contributed by atoms with Gasteiger partial charge in [-0.05, 0) is 39.0 Å². The zero-order valence-corrected chi connectivity index (χ0v) is 14.3. The maximum atomic E-state index is 12.8. The molecule has 1 aromatic carbocycles. The molecule has 1 N–H and O–H groups in total. The predicted molar refractivity (Wildman–Crippen MR) is 87.1 cm³/mol. The van der Waals surface area contributed by atoms with Gasteiger partial charge >= 0.3 is 12.1 Å². The second-order valence-electron chi connectivity index (χ2n) is 4.63. The molecule has 0 aliphatic heterocycles. The third-order valence-electron chi connectivity index (χ3n) is 3.10. The molecule has 1 rings (SSSR count). The lowest BCUT2D eigenvalue weighted by Gasteiger charge is -2.21. The van der Waals surface area contributed by atoms with E-state index in [1.807, 2.05) is 13.8 Å². The third-order valence-corrected chi connectivity index (χ3v) is 3.43. The number of halogens is 4. The van der Waals surface area contributed by atoms with Gasteiger partial charge in [-0.2, -0.15) is 13.2 Å². The SMILES string of the molecule is CCOC(=O)C(=NNc1cc(C(F)(F)F)ccc1Cl)N(CC)CC. The Labute approximate surface area is 143 Å². The van der Waals surface area contributed by atoms with Crippen LogP contribution in [-0.4, -0.2) is 36.4 Å². The molecule has 0 saturated heterocycles. The number of nitrogens with zero attached hydrogens (tertiary/aromatic N) is 2. The van der Waals surface area contributed by atoms with Gasteiger partial charge in [-0.1, -0.05) is 11.6 Å². The molecule has 0 aromatic heterocycles. The fourth-order valence-corrected chi connectivity index (χ4v) is 2.02. The predicted octanol–water partition coefficient (Wildman–Crippen LogP) is 3.99. The van der Waals surface area contributed by atoms with Gasteiger partial charge in [-0.25, -0.2) is 4.79 Å². The maximum Gasteiger partial charge on any atom is 0.416 e. The van der Waals surface area contributed by atoms with Crippen LogP contribution in [-0.2, 0) is 15.7 Å². The second-order valence-corrected chi connectivity index (χ2v) is 5.04. The van der Waals surface area contributed by atoms with Crippen LogP contribution in [0.5, 0.6) is 0 Å². The van der Waals surface area contributed by atoms with E-state index in [1.165, 1.54) is 0 Å². The van der Waals surface area contributed by atoms with Crippen molar-refractivity contribution in [1.29, 1.82) is 0 Å². The minimum absolute atomic E-state index is 0.0321. The fourth-order valence-electron chi connectivity index (χ4n) is 1.86. The normalized spacial score (nSPS) is 12.0. The van der Waals surface area contributed by atoms with Gasteiger partial charge in [0.05, 0.1) is 22.9 Å². The zero-order valence-electron chi connectivity index (χ0n) is 13.6. The van der Waals surface area contributed by atoms with Gasteiger partial charge < -0.3 is 9.64 Å².